The van der Waals surface area contributed by atoms with E-state index in [9.17, 15) is 0 Å². The van der Waals surface area contributed by atoms with Gasteiger partial charge in [-0.15, -0.1) is 0 Å². The second-order valence-corrected chi connectivity index (χ2v) is 3.77. The topological polar surface area (TPSA) is 50.1 Å². The minimum atomic E-state index is 0.0725. The van der Waals surface area contributed by atoms with Crippen molar-refractivity contribution in [2.45, 2.75) is 39.1 Å². The molecule has 0 aliphatic rings. The third kappa shape index (κ3) is 4.93. The highest BCUT2D eigenvalue weighted by Gasteiger charge is 2.04. The minimum absolute atomic E-state index is 0.0725. The van der Waals surface area contributed by atoms with E-state index < -0.39 is 0 Å². The van der Waals surface area contributed by atoms with E-state index in [2.05, 4.69) is 36.6 Å². The molecule has 84 valence electrons. The lowest BCUT2D eigenvalue weighted by atomic mass is 10.2. The molecular weight excluding hydrogens is 186 g/mol. The van der Waals surface area contributed by atoms with Crippen LogP contribution in [0, 0.1) is 0 Å². The Bertz CT molecular complexity index is 261. The van der Waals surface area contributed by atoms with Crippen LogP contribution >= 0.6 is 0 Å². The zero-order valence-corrected chi connectivity index (χ0v) is 9.53. The Morgan fingerprint density at radius 2 is 1.93 bits per heavy atom. The Balaban J connectivity index is 2.25. The van der Waals surface area contributed by atoms with Crippen LogP contribution in [0.25, 0.3) is 0 Å². The summed E-state index contributed by atoms with van der Waals surface area (Å²) in [6, 6.07) is 10.3. The molecule has 0 aromatic heterocycles. The molecule has 0 saturated heterocycles. The van der Waals surface area contributed by atoms with E-state index in [0.29, 0.717) is 0 Å². The van der Waals surface area contributed by atoms with Crippen molar-refractivity contribution in [3.05, 3.63) is 35.9 Å². The van der Waals surface area contributed by atoms with E-state index in [-0.39, 0.29) is 12.3 Å². The maximum atomic E-state index is 5.79. The number of nitrogens with one attached hydrogen (secondary N) is 2. The van der Waals surface area contributed by atoms with Gasteiger partial charge in [-0.05, 0) is 18.9 Å². The van der Waals surface area contributed by atoms with Gasteiger partial charge in [-0.25, -0.2) is 0 Å². The van der Waals surface area contributed by atoms with Crippen molar-refractivity contribution in [1.29, 1.82) is 0 Å². The standard InChI is InChI=1S/C12H21N3/c1-3-12(13)15-10(2)14-9-11-7-5-4-6-8-11/h4-8,10,12,14-15H,3,9,13H2,1-2H3. The molecule has 0 heterocycles. The predicted octanol–water partition coefficient (Wildman–Crippen LogP) is 1.41. The van der Waals surface area contributed by atoms with Crippen LogP contribution in [0.5, 0.6) is 0 Å². The fraction of sp³-hybridized carbons (Fsp3) is 0.500. The fourth-order valence-electron chi connectivity index (χ4n) is 1.36. The molecule has 0 saturated carbocycles. The molecule has 0 spiro atoms. The minimum Gasteiger partial charge on any atom is -0.316 e. The van der Waals surface area contributed by atoms with Gasteiger partial charge in [0.25, 0.3) is 0 Å². The molecule has 0 fully saturated rings. The lowest BCUT2D eigenvalue weighted by molar-refractivity contribution is 0.387. The highest BCUT2D eigenvalue weighted by molar-refractivity contribution is 5.14. The van der Waals surface area contributed by atoms with E-state index in [1.54, 1.807) is 0 Å². The molecule has 1 rings (SSSR count). The lowest BCUT2D eigenvalue weighted by Gasteiger charge is -2.20. The zero-order valence-electron chi connectivity index (χ0n) is 9.53. The predicted molar refractivity (Wildman–Crippen MR) is 64.1 cm³/mol. The van der Waals surface area contributed by atoms with Crippen molar-refractivity contribution in [3.8, 4) is 0 Å². The second kappa shape index (κ2) is 6.56. The summed E-state index contributed by atoms with van der Waals surface area (Å²) in [6.07, 6.45) is 1.25. The summed E-state index contributed by atoms with van der Waals surface area (Å²) in [7, 11) is 0. The van der Waals surface area contributed by atoms with E-state index >= 15 is 0 Å². The van der Waals surface area contributed by atoms with Gasteiger partial charge in [0.2, 0.25) is 0 Å². The molecule has 0 aliphatic carbocycles. The smallest absolute Gasteiger partial charge is 0.0557 e. The second-order valence-electron chi connectivity index (χ2n) is 3.77. The summed E-state index contributed by atoms with van der Waals surface area (Å²) in [5, 5.41) is 6.64. The van der Waals surface area contributed by atoms with Gasteiger partial charge in [0.15, 0.2) is 0 Å². The summed E-state index contributed by atoms with van der Waals surface area (Å²) in [6.45, 7) is 5.02. The molecule has 4 N–H and O–H groups in total. The van der Waals surface area contributed by atoms with Crippen LogP contribution in [0.3, 0.4) is 0 Å². The van der Waals surface area contributed by atoms with Crippen molar-refractivity contribution in [3.63, 3.8) is 0 Å². The van der Waals surface area contributed by atoms with Crippen LogP contribution in [0.15, 0.2) is 30.3 Å². The Hall–Kier alpha value is -0.900. The van der Waals surface area contributed by atoms with Crippen molar-refractivity contribution in [2.75, 3.05) is 0 Å². The Labute approximate surface area is 92.1 Å². The third-order valence-corrected chi connectivity index (χ3v) is 2.36. The first-order valence-electron chi connectivity index (χ1n) is 5.51. The SMILES string of the molecule is CCC(N)NC(C)NCc1ccccc1. The van der Waals surface area contributed by atoms with E-state index in [4.69, 9.17) is 5.73 Å². The quantitative estimate of drug-likeness (QED) is 0.618. The number of hydrogen-bond acceptors (Lipinski definition) is 3. The number of benzene rings is 1. The average Bonchev–Trinajstić information content (AvgIpc) is 2.27. The summed E-state index contributed by atoms with van der Waals surface area (Å²) >= 11 is 0. The first-order valence-corrected chi connectivity index (χ1v) is 5.51. The molecule has 3 heteroatoms. The van der Waals surface area contributed by atoms with Crippen molar-refractivity contribution >= 4 is 0 Å². The van der Waals surface area contributed by atoms with Gasteiger partial charge in [-0.1, -0.05) is 37.3 Å². The summed E-state index contributed by atoms with van der Waals surface area (Å²) in [5.41, 5.74) is 7.08. The zero-order chi connectivity index (χ0) is 11.1. The summed E-state index contributed by atoms with van der Waals surface area (Å²) in [5.74, 6) is 0. The first kappa shape index (κ1) is 12.2. The normalized spacial score (nSPS) is 14.9. The van der Waals surface area contributed by atoms with Crippen LogP contribution < -0.4 is 16.4 Å². The molecule has 3 nitrogen and oxygen atoms in total. The third-order valence-electron chi connectivity index (χ3n) is 2.36. The first-order chi connectivity index (χ1) is 7.22. The summed E-state index contributed by atoms with van der Waals surface area (Å²) < 4.78 is 0. The van der Waals surface area contributed by atoms with Gasteiger partial charge in [-0.2, -0.15) is 0 Å². The van der Waals surface area contributed by atoms with Crippen LogP contribution in [0.2, 0.25) is 0 Å². The van der Waals surface area contributed by atoms with Crippen LogP contribution in [0.4, 0.5) is 0 Å². The molecule has 15 heavy (non-hydrogen) atoms. The Morgan fingerprint density at radius 3 is 2.53 bits per heavy atom. The maximum Gasteiger partial charge on any atom is 0.0557 e. The molecule has 0 bridgehead atoms. The van der Waals surface area contributed by atoms with Gasteiger partial charge >= 0.3 is 0 Å². The number of rotatable bonds is 6. The van der Waals surface area contributed by atoms with Crippen LogP contribution in [-0.4, -0.2) is 12.3 Å². The molecule has 0 radical (unpaired) electrons. The lowest BCUT2D eigenvalue weighted by Crippen LogP contribution is -2.48. The molecule has 0 aliphatic heterocycles. The van der Waals surface area contributed by atoms with Crippen LogP contribution in [-0.2, 0) is 6.54 Å². The van der Waals surface area contributed by atoms with Crippen molar-refractivity contribution < 1.29 is 0 Å². The molecule has 0 amide bonds. The Kier molecular flexibility index (Phi) is 5.32. The molecule has 1 aromatic rings. The average molecular weight is 207 g/mol. The van der Waals surface area contributed by atoms with Gasteiger partial charge in [0.05, 0.1) is 12.3 Å². The van der Waals surface area contributed by atoms with E-state index in [1.807, 2.05) is 18.2 Å². The monoisotopic (exact) mass is 207 g/mol. The van der Waals surface area contributed by atoms with Gasteiger partial charge in [0.1, 0.15) is 0 Å². The van der Waals surface area contributed by atoms with E-state index in [1.165, 1.54) is 5.56 Å². The molecule has 1 aromatic carbocycles. The van der Waals surface area contributed by atoms with Crippen molar-refractivity contribution in [1.82, 2.24) is 10.6 Å². The van der Waals surface area contributed by atoms with Gasteiger partial charge in [0, 0.05) is 6.54 Å². The van der Waals surface area contributed by atoms with Gasteiger partial charge < -0.3 is 5.73 Å². The highest BCUT2D eigenvalue weighted by atomic mass is 15.2. The fourth-order valence-corrected chi connectivity index (χ4v) is 1.36. The molecular formula is C12H21N3. The Morgan fingerprint density at radius 1 is 1.27 bits per heavy atom. The summed E-state index contributed by atoms with van der Waals surface area (Å²) in [4.78, 5) is 0. The van der Waals surface area contributed by atoms with E-state index in [0.717, 1.165) is 13.0 Å². The molecule has 2 unspecified atom stereocenters. The van der Waals surface area contributed by atoms with Gasteiger partial charge in [-0.3, -0.25) is 10.6 Å². The van der Waals surface area contributed by atoms with Crippen molar-refractivity contribution in [2.24, 2.45) is 5.73 Å². The van der Waals surface area contributed by atoms with Crippen LogP contribution in [0.1, 0.15) is 25.8 Å². The largest absolute Gasteiger partial charge is 0.316 e. The molecule has 2 atom stereocenters. The highest BCUT2D eigenvalue weighted by Crippen LogP contribution is 1.97. The maximum absolute atomic E-state index is 5.79. The number of hydrogen-bond donors (Lipinski definition) is 3. The number of nitrogens with two attached hydrogens (primary N) is 1.